The first-order chi connectivity index (χ1) is 12.8. The van der Waals surface area contributed by atoms with Crippen molar-refractivity contribution < 1.29 is 0 Å². The number of para-hydroxylation sites is 1. The van der Waals surface area contributed by atoms with E-state index in [2.05, 4.69) is 55.4 Å². The van der Waals surface area contributed by atoms with Crippen LogP contribution in [0.4, 0.5) is 23.0 Å². The van der Waals surface area contributed by atoms with Crippen molar-refractivity contribution in [3.05, 3.63) is 72.0 Å². The highest BCUT2D eigenvalue weighted by Crippen LogP contribution is 2.23. The molecule has 0 aliphatic carbocycles. The number of hydrogen-bond donors (Lipinski definition) is 1. The maximum atomic E-state index is 6.04. The van der Waals surface area contributed by atoms with E-state index in [1.54, 1.807) is 6.33 Å². The van der Waals surface area contributed by atoms with Crippen molar-refractivity contribution in [2.75, 3.05) is 41.3 Å². The van der Waals surface area contributed by atoms with E-state index in [4.69, 9.17) is 11.6 Å². The average Bonchev–Trinajstić information content (AvgIpc) is 2.69. The van der Waals surface area contributed by atoms with E-state index in [0.717, 1.165) is 43.5 Å². The van der Waals surface area contributed by atoms with Gasteiger partial charge in [-0.1, -0.05) is 35.9 Å². The zero-order valence-corrected chi connectivity index (χ0v) is 15.1. The molecule has 5 nitrogen and oxygen atoms in total. The van der Waals surface area contributed by atoms with Crippen molar-refractivity contribution >= 4 is 34.6 Å². The third-order valence-corrected chi connectivity index (χ3v) is 4.71. The van der Waals surface area contributed by atoms with Gasteiger partial charge in [-0.2, -0.15) is 0 Å². The highest BCUT2D eigenvalue weighted by atomic mass is 35.5. The Bertz CT molecular complexity index is 863. The van der Waals surface area contributed by atoms with Crippen molar-refractivity contribution in [2.45, 2.75) is 0 Å². The van der Waals surface area contributed by atoms with E-state index in [0.29, 0.717) is 5.02 Å². The van der Waals surface area contributed by atoms with Crippen LogP contribution in [0.1, 0.15) is 0 Å². The Hall–Kier alpha value is -2.79. The molecular weight excluding hydrogens is 346 g/mol. The van der Waals surface area contributed by atoms with Gasteiger partial charge in [0.1, 0.15) is 18.0 Å². The summed E-state index contributed by atoms with van der Waals surface area (Å²) >= 11 is 6.04. The standard InChI is InChI=1S/C20H20ClN5/c21-16-5-4-6-17(13-16)24-19-14-20(23-15-22-19)26-11-9-25(10-12-26)18-7-2-1-3-8-18/h1-8,13-15H,9-12H2,(H,22,23,24). The lowest BCUT2D eigenvalue weighted by atomic mass is 10.2. The fourth-order valence-electron chi connectivity index (χ4n) is 3.14. The molecule has 26 heavy (non-hydrogen) atoms. The molecule has 1 aliphatic heterocycles. The SMILES string of the molecule is Clc1cccc(Nc2cc(N3CCN(c4ccccc4)CC3)ncn2)c1. The van der Waals surface area contributed by atoms with Gasteiger partial charge < -0.3 is 15.1 Å². The van der Waals surface area contributed by atoms with E-state index in [1.165, 1.54) is 5.69 Å². The number of hydrogen-bond acceptors (Lipinski definition) is 5. The van der Waals surface area contributed by atoms with Gasteiger partial charge in [-0.25, -0.2) is 9.97 Å². The molecule has 1 saturated heterocycles. The summed E-state index contributed by atoms with van der Waals surface area (Å²) in [7, 11) is 0. The van der Waals surface area contributed by atoms with Crippen LogP contribution in [0.2, 0.25) is 5.02 Å². The van der Waals surface area contributed by atoms with Gasteiger partial charge in [0.2, 0.25) is 0 Å². The number of nitrogens with one attached hydrogen (secondary N) is 1. The fourth-order valence-corrected chi connectivity index (χ4v) is 3.33. The maximum absolute atomic E-state index is 6.04. The first-order valence-electron chi connectivity index (χ1n) is 8.67. The summed E-state index contributed by atoms with van der Waals surface area (Å²) in [5, 5.41) is 3.98. The molecule has 0 unspecified atom stereocenters. The van der Waals surface area contributed by atoms with Crippen LogP contribution >= 0.6 is 11.6 Å². The number of benzene rings is 2. The number of aromatic nitrogens is 2. The van der Waals surface area contributed by atoms with Gasteiger partial charge in [-0.15, -0.1) is 0 Å². The van der Waals surface area contributed by atoms with Crippen LogP contribution in [0.25, 0.3) is 0 Å². The van der Waals surface area contributed by atoms with Crippen LogP contribution in [0, 0.1) is 0 Å². The normalized spacial score (nSPS) is 14.3. The first kappa shape index (κ1) is 16.7. The molecule has 1 fully saturated rings. The molecule has 1 aromatic heterocycles. The van der Waals surface area contributed by atoms with Gasteiger partial charge in [-0.3, -0.25) is 0 Å². The summed E-state index contributed by atoms with van der Waals surface area (Å²) in [4.78, 5) is 13.5. The Kier molecular flexibility index (Phi) is 4.88. The minimum atomic E-state index is 0.696. The van der Waals surface area contributed by atoms with Crippen LogP contribution in [0.15, 0.2) is 67.0 Å². The van der Waals surface area contributed by atoms with Gasteiger partial charge in [0, 0.05) is 48.6 Å². The largest absolute Gasteiger partial charge is 0.368 e. The van der Waals surface area contributed by atoms with Gasteiger partial charge in [0.05, 0.1) is 0 Å². The lowest BCUT2D eigenvalue weighted by molar-refractivity contribution is 0.647. The Morgan fingerprint density at radius 3 is 2.35 bits per heavy atom. The molecule has 0 saturated carbocycles. The van der Waals surface area contributed by atoms with Gasteiger partial charge in [0.15, 0.2) is 0 Å². The lowest BCUT2D eigenvalue weighted by Gasteiger charge is -2.36. The van der Waals surface area contributed by atoms with Gasteiger partial charge in [0.25, 0.3) is 0 Å². The number of nitrogens with zero attached hydrogens (tertiary/aromatic N) is 4. The summed E-state index contributed by atoms with van der Waals surface area (Å²) in [5.74, 6) is 1.71. The molecule has 0 radical (unpaired) electrons. The van der Waals surface area contributed by atoms with E-state index in [9.17, 15) is 0 Å². The Balaban J connectivity index is 1.43. The molecular formula is C20H20ClN5. The van der Waals surface area contributed by atoms with Crippen LogP contribution < -0.4 is 15.1 Å². The molecule has 0 bridgehead atoms. The number of anilines is 4. The van der Waals surface area contributed by atoms with E-state index in [1.807, 2.05) is 30.3 Å². The summed E-state index contributed by atoms with van der Waals surface area (Å²) in [5.41, 5.74) is 2.19. The van der Waals surface area contributed by atoms with Crippen LogP contribution in [-0.4, -0.2) is 36.1 Å². The minimum Gasteiger partial charge on any atom is -0.368 e. The third-order valence-electron chi connectivity index (χ3n) is 4.47. The quantitative estimate of drug-likeness (QED) is 0.750. The van der Waals surface area contributed by atoms with E-state index in [-0.39, 0.29) is 0 Å². The Morgan fingerprint density at radius 2 is 1.58 bits per heavy atom. The predicted molar refractivity (Wildman–Crippen MR) is 108 cm³/mol. The van der Waals surface area contributed by atoms with Crippen molar-refractivity contribution in [3.63, 3.8) is 0 Å². The molecule has 2 heterocycles. The first-order valence-corrected chi connectivity index (χ1v) is 9.05. The zero-order valence-electron chi connectivity index (χ0n) is 14.3. The highest BCUT2D eigenvalue weighted by molar-refractivity contribution is 6.30. The summed E-state index contributed by atoms with van der Waals surface area (Å²) in [6, 6.07) is 20.1. The topological polar surface area (TPSA) is 44.3 Å². The molecule has 6 heteroatoms. The number of piperazine rings is 1. The van der Waals surface area contributed by atoms with Crippen LogP contribution in [0.5, 0.6) is 0 Å². The second-order valence-electron chi connectivity index (χ2n) is 6.21. The van der Waals surface area contributed by atoms with Crippen LogP contribution in [-0.2, 0) is 0 Å². The van der Waals surface area contributed by atoms with Crippen molar-refractivity contribution in [2.24, 2.45) is 0 Å². The monoisotopic (exact) mass is 365 g/mol. The Morgan fingerprint density at radius 1 is 0.808 bits per heavy atom. The summed E-state index contributed by atoms with van der Waals surface area (Å²) in [6.45, 7) is 3.82. The van der Waals surface area contributed by atoms with Crippen molar-refractivity contribution in [1.29, 1.82) is 0 Å². The molecule has 0 amide bonds. The molecule has 4 rings (SSSR count). The molecule has 1 aliphatic rings. The number of halogens is 1. The van der Waals surface area contributed by atoms with Crippen molar-refractivity contribution in [3.8, 4) is 0 Å². The Labute approximate surface area is 158 Å². The average molecular weight is 366 g/mol. The number of rotatable bonds is 4. The zero-order chi connectivity index (χ0) is 17.8. The van der Waals surface area contributed by atoms with Gasteiger partial charge >= 0.3 is 0 Å². The second-order valence-corrected chi connectivity index (χ2v) is 6.64. The second kappa shape index (κ2) is 7.62. The van der Waals surface area contributed by atoms with E-state index < -0.39 is 0 Å². The fraction of sp³-hybridized carbons (Fsp3) is 0.200. The molecule has 0 atom stereocenters. The summed E-state index contributed by atoms with van der Waals surface area (Å²) in [6.07, 6.45) is 1.60. The molecule has 0 spiro atoms. The predicted octanol–water partition coefficient (Wildman–Crippen LogP) is 4.20. The lowest BCUT2D eigenvalue weighted by Crippen LogP contribution is -2.46. The van der Waals surface area contributed by atoms with Crippen molar-refractivity contribution in [1.82, 2.24) is 9.97 Å². The van der Waals surface area contributed by atoms with E-state index >= 15 is 0 Å². The van der Waals surface area contributed by atoms with Gasteiger partial charge in [-0.05, 0) is 30.3 Å². The third kappa shape index (κ3) is 3.89. The minimum absolute atomic E-state index is 0.696. The molecule has 2 aromatic carbocycles. The maximum Gasteiger partial charge on any atom is 0.135 e. The molecule has 1 N–H and O–H groups in total. The van der Waals surface area contributed by atoms with Crippen LogP contribution in [0.3, 0.4) is 0 Å². The molecule has 132 valence electrons. The molecule has 3 aromatic rings. The smallest absolute Gasteiger partial charge is 0.135 e. The summed E-state index contributed by atoms with van der Waals surface area (Å²) < 4.78 is 0. The highest BCUT2D eigenvalue weighted by Gasteiger charge is 2.18.